The monoisotopic (exact) mass is 266 g/mol. The Morgan fingerprint density at radius 1 is 1.28 bits per heavy atom. The van der Waals surface area contributed by atoms with Crippen LogP contribution in [0.4, 0.5) is 0 Å². The first-order valence-electron chi connectivity index (χ1n) is 6.45. The highest BCUT2D eigenvalue weighted by molar-refractivity contribution is 6.92. The molecule has 1 heterocycles. The topological polar surface area (TPSA) is 49.7 Å². The lowest BCUT2D eigenvalue weighted by molar-refractivity contribution is -0.142. The zero-order chi connectivity index (χ0) is 13.4. The van der Waals surface area contributed by atoms with Gasteiger partial charge >= 0.3 is 0 Å². The third-order valence-corrected chi connectivity index (χ3v) is 8.69. The third kappa shape index (κ3) is 2.14. The van der Waals surface area contributed by atoms with E-state index in [2.05, 4.69) is 13.1 Å². The Balaban J connectivity index is 2.34. The number of aliphatic hydroxyl groups excluding tert-OH is 1. The number of aliphatic hydroxyl groups is 2. The molecule has 4 heteroatoms. The second kappa shape index (κ2) is 4.77. The van der Waals surface area contributed by atoms with Gasteiger partial charge in [0.25, 0.3) is 0 Å². The van der Waals surface area contributed by atoms with Crippen molar-refractivity contribution in [3.63, 3.8) is 0 Å². The van der Waals surface area contributed by atoms with Crippen LogP contribution in [0, 0.1) is 0 Å². The Bertz CT molecular complexity index is 407. The number of hydrogen-bond donors (Lipinski definition) is 2. The number of rotatable bonds is 2. The second-order valence-electron chi connectivity index (χ2n) is 5.79. The largest absolute Gasteiger partial charge is 0.390 e. The summed E-state index contributed by atoms with van der Waals surface area (Å²) in [5.74, 6) is 0. The van der Waals surface area contributed by atoms with Crippen molar-refractivity contribution in [2.75, 3.05) is 6.61 Å². The van der Waals surface area contributed by atoms with E-state index in [-0.39, 0.29) is 12.7 Å². The van der Waals surface area contributed by atoms with Gasteiger partial charge in [0.1, 0.15) is 13.3 Å². The summed E-state index contributed by atoms with van der Waals surface area (Å²) < 4.78 is 5.60. The Kier molecular flexibility index (Phi) is 3.64. The summed E-state index contributed by atoms with van der Waals surface area (Å²) in [6, 6.07) is 10.00. The quantitative estimate of drug-likeness (QED) is 0.787. The van der Waals surface area contributed by atoms with Gasteiger partial charge in [-0.1, -0.05) is 48.6 Å². The van der Waals surface area contributed by atoms with Crippen LogP contribution >= 0.6 is 0 Å². The summed E-state index contributed by atoms with van der Waals surface area (Å²) >= 11 is 0. The average Bonchev–Trinajstić information content (AvgIpc) is 2.35. The van der Waals surface area contributed by atoms with Crippen LogP contribution in [0.2, 0.25) is 13.1 Å². The minimum atomic E-state index is -2.21. The van der Waals surface area contributed by atoms with E-state index in [1.54, 1.807) is 0 Å². The highest BCUT2D eigenvalue weighted by Crippen LogP contribution is 2.32. The number of hydrogen-bond acceptors (Lipinski definition) is 3. The van der Waals surface area contributed by atoms with Crippen LogP contribution in [-0.2, 0) is 4.74 Å². The minimum absolute atomic E-state index is 0.0147. The molecule has 100 valence electrons. The van der Waals surface area contributed by atoms with Crippen molar-refractivity contribution in [2.24, 2.45) is 0 Å². The standard InChI is InChI=1S/C14H22O3Si/c1-11-9-13(15)14(16,10-17-11)18(2,3)12-7-5-4-6-8-12/h4-8,11,13,15-16H,9-10H2,1-3H3/t11-,13-,14+/m1/s1. The maximum absolute atomic E-state index is 10.9. The third-order valence-electron chi connectivity index (χ3n) is 4.27. The average molecular weight is 266 g/mol. The molecule has 2 N–H and O–H groups in total. The molecule has 18 heavy (non-hydrogen) atoms. The first kappa shape index (κ1) is 13.7. The highest BCUT2D eigenvalue weighted by Gasteiger charge is 2.54. The first-order valence-corrected chi connectivity index (χ1v) is 9.45. The molecule has 0 radical (unpaired) electrons. The van der Waals surface area contributed by atoms with E-state index in [0.717, 1.165) is 5.19 Å². The van der Waals surface area contributed by atoms with Crippen LogP contribution < -0.4 is 5.19 Å². The molecule has 0 aromatic heterocycles. The SMILES string of the molecule is C[C@@H]1C[C@@H](O)[C@@](O)([Si](C)(C)c2ccccc2)CO1. The molecular weight excluding hydrogens is 244 g/mol. The van der Waals surface area contributed by atoms with Crippen molar-refractivity contribution < 1.29 is 14.9 Å². The van der Waals surface area contributed by atoms with E-state index in [1.807, 2.05) is 37.3 Å². The van der Waals surface area contributed by atoms with E-state index >= 15 is 0 Å². The smallest absolute Gasteiger partial charge is 0.123 e. The molecular formula is C14H22O3Si. The predicted octanol–water partition coefficient (Wildman–Crippen LogP) is 1.04. The van der Waals surface area contributed by atoms with Crippen LogP contribution in [-0.4, -0.2) is 42.3 Å². The van der Waals surface area contributed by atoms with E-state index < -0.39 is 19.4 Å². The lowest BCUT2D eigenvalue weighted by Crippen LogP contribution is -2.72. The molecule has 0 saturated carbocycles. The molecule has 3 atom stereocenters. The number of benzene rings is 1. The van der Waals surface area contributed by atoms with Gasteiger partial charge in [0.2, 0.25) is 0 Å². The van der Waals surface area contributed by atoms with Crippen molar-refractivity contribution in [1.29, 1.82) is 0 Å². The summed E-state index contributed by atoms with van der Waals surface area (Å²) in [7, 11) is -2.21. The van der Waals surface area contributed by atoms with E-state index in [1.165, 1.54) is 0 Å². The van der Waals surface area contributed by atoms with Crippen molar-refractivity contribution in [2.45, 2.75) is 43.9 Å². The van der Waals surface area contributed by atoms with Crippen molar-refractivity contribution in [3.05, 3.63) is 30.3 Å². The van der Waals surface area contributed by atoms with Crippen LogP contribution in [0.5, 0.6) is 0 Å². The molecule has 1 aliphatic rings. The van der Waals surface area contributed by atoms with E-state index in [4.69, 9.17) is 4.74 Å². The van der Waals surface area contributed by atoms with E-state index in [0.29, 0.717) is 6.42 Å². The summed E-state index contributed by atoms with van der Waals surface area (Å²) in [5.41, 5.74) is 0. The second-order valence-corrected chi connectivity index (χ2v) is 10.5. The van der Waals surface area contributed by atoms with Crippen LogP contribution in [0.1, 0.15) is 13.3 Å². The van der Waals surface area contributed by atoms with Crippen molar-refractivity contribution >= 4 is 13.3 Å². The molecule has 1 saturated heterocycles. The fraction of sp³-hybridized carbons (Fsp3) is 0.571. The summed E-state index contributed by atoms with van der Waals surface area (Å²) in [6.07, 6.45) is -0.191. The Morgan fingerprint density at radius 2 is 1.89 bits per heavy atom. The lowest BCUT2D eigenvalue weighted by atomic mass is 10.0. The van der Waals surface area contributed by atoms with Crippen LogP contribution in [0.3, 0.4) is 0 Å². The molecule has 1 aromatic carbocycles. The van der Waals surface area contributed by atoms with Gasteiger partial charge in [0.15, 0.2) is 0 Å². The summed E-state index contributed by atoms with van der Waals surface area (Å²) in [5, 5.41) is 21.3. The van der Waals surface area contributed by atoms with Crippen LogP contribution in [0.25, 0.3) is 0 Å². The molecule has 1 aliphatic heterocycles. The van der Waals surface area contributed by atoms with Gasteiger partial charge in [0, 0.05) is 6.42 Å². The highest BCUT2D eigenvalue weighted by atomic mass is 28.3. The predicted molar refractivity (Wildman–Crippen MR) is 74.5 cm³/mol. The van der Waals surface area contributed by atoms with Gasteiger partial charge < -0.3 is 14.9 Å². The fourth-order valence-corrected chi connectivity index (χ4v) is 5.57. The van der Waals surface area contributed by atoms with Gasteiger partial charge in [0.05, 0.1) is 18.8 Å². The molecule has 0 bridgehead atoms. The first-order chi connectivity index (χ1) is 8.38. The molecule has 1 fully saturated rings. The molecule has 0 aliphatic carbocycles. The Morgan fingerprint density at radius 3 is 2.44 bits per heavy atom. The molecule has 1 aromatic rings. The fourth-order valence-electron chi connectivity index (χ4n) is 2.64. The lowest BCUT2D eigenvalue weighted by Gasteiger charge is -2.48. The van der Waals surface area contributed by atoms with E-state index in [9.17, 15) is 10.2 Å². The summed E-state index contributed by atoms with van der Waals surface area (Å²) in [6.45, 7) is 6.33. The minimum Gasteiger partial charge on any atom is -0.390 e. The van der Waals surface area contributed by atoms with Gasteiger partial charge in [-0.2, -0.15) is 0 Å². The molecule has 0 unspecified atom stereocenters. The van der Waals surface area contributed by atoms with Crippen molar-refractivity contribution in [1.82, 2.24) is 0 Å². The Hall–Kier alpha value is -0.683. The molecule has 0 spiro atoms. The maximum Gasteiger partial charge on any atom is 0.123 e. The van der Waals surface area contributed by atoms with Gasteiger partial charge in [-0.3, -0.25) is 0 Å². The normalized spacial score (nSPS) is 33.4. The number of ether oxygens (including phenoxy) is 1. The molecule has 0 amide bonds. The van der Waals surface area contributed by atoms with Crippen LogP contribution in [0.15, 0.2) is 30.3 Å². The summed E-state index contributed by atoms with van der Waals surface area (Å²) in [4.78, 5) is 0. The van der Waals surface area contributed by atoms with Crippen molar-refractivity contribution in [3.8, 4) is 0 Å². The zero-order valence-electron chi connectivity index (χ0n) is 11.3. The van der Waals surface area contributed by atoms with Gasteiger partial charge in [-0.25, -0.2) is 0 Å². The Labute approximate surface area is 109 Å². The zero-order valence-corrected chi connectivity index (χ0v) is 12.3. The molecule has 2 rings (SSSR count). The van der Waals surface area contributed by atoms with Gasteiger partial charge in [-0.15, -0.1) is 0 Å². The molecule has 3 nitrogen and oxygen atoms in total. The maximum atomic E-state index is 10.9. The van der Waals surface area contributed by atoms with Gasteiger partial charge in [-0.05, 0) is 6.92 Å².